The maximum Gasteiger partial charge on any atom is 0.326 e. The third kappa shape index (κ3) is 13.6. The number of hydrogen-bond donors (Lipinski definition) is 7. The highest BCUT2D eigenvalue weighted by Gasteiger charge is 2.44. The van der Waals surface area contributed by atoms with Crippen molar-refractivity contribution in [3.05, 3.63) is 24.4 Å². The second kappa shape index (κ2) is 23.4. The van der Waals surface area contributed by atoms with Crippen molar-refractivity contribution in [2.75, 3.05) is 37.7 Å². The fourth-order valence-electron chi connectivity index (χ4n) is 7.27. The van der Waals surface area contributed by atoms with Crippen LogP contribution in [0.1, 0.15) is 70.6 Å². The Morgan fingerprint density at radius 1 is 0.847 bits per heavy atom. The molecule has 7 N–H and O–H groups in total. The van der Waals surface area contributed by atoms with Gasteiger partial charge >= 0.3 is 11.9 Å². The summed E-state index contributed by atoms with van der Waals surface area (Å²) in [5.41, 5.74) is 5.60. The Labute approximate surface area is 354 Å². The van der Waals surface area contributed by atoms with Gasteiger partial charge in [-0.3, -0.25) is 38.4 Å². The van der Waals surface area contributed by atoms with Crippen LogP contribution in [0.25, 0.3) is 0 Å². The lowest BCUT2D eigenvalue weighted by atomic mass is 10.0. The fraction of sp³-hybridized carbons (Fsp3) is 0.622. The predicted molar refractivity (Wildman–Crippen MR) is 219 cm³/mol. The van der Waals surface area contributed by atoms with Gasteiger partial charge < -0.3 is 46.6 Å². The average molecular weight is 881 g/mol. The molecule has 3 aliphatic rings. The van der Waals surface area contributed by atoms with Crippen LogP contribution in [0.5, 0.6) is 0 Å². The zero-order chi connectivity index (χ0) is 43.1. The lowest BCUT2D eigenvalue weighted by molar-refractivity contribution is -0.149. The molecule has 6 atom stereocenters. The standard InChI is InChI=1S/C37H52N8O11S3/c38-22(21-57)31(49)34(52)40-15-3-1-8-23(35(53)44-17-5-9-25(44)33(51)42-24(37(55)56)20-30(47)48)41-32(50)26-10-6-18-45(26)36(54)27-11-7-16-43(27)29(46)13-19-58-59-28-12-2-4-14-39-28/h2,4,12,14,22-27,57H,1,3,5-11,13,15-21,38H2,(H,40,52)(H,41,50)(H,42,51)(H,47,48)(H,55,56)/t22-,23?,24?,25?,26?,27?/m0/s1. The molecule has 4 heterocycles. The highest BCUT2D eigenvalue weighted by atomic mass is 33.1. The largest absolute Gasteiger partial charge is 0.481 e. The lowest BCUT2D eigenvalue weighted by Crippen LogP contribution is -2.58. The van der Waals surface area contributed by atoms with Crippen LogP contribution < -0.4 is 21.7 Å². The fourth-order valence-corrected chi connectivity index (χ4v) is 9.30. The Morgan fingerprint density at radius 2 is 1.47 bits per heavy atom. The van der Waals surface area contributed by atoms with E-state index >= 15 is 0 Å². The number of amides is 6. The Morgan fingerprint density at radius 3 is 2.10 bits per heavy atom. The van der Waals surface area contributed by atoms with Gasteiger partial charge in [-0.1, -0.05) is 16.9 Å². The molecule has 0 bridgehead atoms. The van der Waals surface area contributed by atoms with Crippen molar-refractivity contribution in [2.45, 2.75) is 112 Å². The van der Waals surface area contributed by atoms with E-state index in [0.717, 1.165) is 5.03 Å². The molecule has 1 aromatic rings. The topological polar surface area (TPSA) is 279 Å². The third-order valence-corrected chi connectivity index (χ3v) is 12.9. The Hall–Kier alpha value is -4.41. The van der Waals surface area contributed by atoms with Crippen LogP contribution in [0.2, 0.25) is 0 Å². The van der Waals surface area contributed by atoms with Gasteiger partial charge in [0.05, 0.1) is 12.5 Å². The highest BCUT2D eigenvalue weighted by Crippen LogP contribution is 2.31. The van der Waals surface area contributed by atoms with E-state index in [4.69, 9.17) is 10.8 Å². The van der Waals surface area contributed by atoms with Crippen molar-refractivity contribution in [1.82, 2.24) is 35.6 Å². The summed E-state index contributed by atoms with van der Waals surface area (Å²) in [6, 6.07) is -1.24. The number of unbranched alkanes of at least 4 members (excludes halogenated alkanes) is 1. The third-order valence-electron chi connectivity index (χ3n) is 10.3. The summed E-state index contributed by atoms with van der Waals surface area (Å²) >= 11 is 3.93. The zero-order valence-electron chi connectivity index (χ0n) is 32.5. The number of rotatable bonds is 22. The number of nitrogens with one attached hydrogen (secondary N) is 3. The van der Waals surface area contributed by atoms with Gasteiger partial charge in [0, 0.05) is 50.3 Å². The summed E-state index contributed by atoms with van der Waals surface area (Å²) in [5.74, 6) is -6.81. The number of carbonyl (C=O) groups excluding carboxylic acids is 7. The van der Waals surface area contributed by atoms with E-state index in [9.17, 15) is 48.3 Å². The van der Waals surface area contributed by atoms with Gasteiger partial charge in [0.25, 0.3) is 5.91 Å². The number of carboxylic acids is 2. The maximum absolute atomic E-state index is 14.2. The molecule has 0 aliphatic carbocycles. The Kier molecular flexibility index (Phi) is 18.7. The van der Waals surface area contributed by atoms with E-state index in [2.05, 4.69) is 33.6 Å². The summed E-state index contributed by atoms with van der Waals surface area (Å²) in [5, 5.41) is 26.9. The number of aliphatic carboxylic acids is 2. The molecule has 59 heavy (non-hydrogen) atoms. The minimum atomic E-state index is -1.73. The number of carbonyl (C=O) groups is 9. The minimum Gasteiger partial charge on any atom is -0.481 e. The molecule has 0 saturated carbocycles. The van der Waals surface area contributed by atoms with Gasteiger partial charge in [-0.15, -0.1) is 0 Å². The number of likely N-dealkylation sites (tertiary alicyclic amines) is 3. The number of Topliss-reactive ketones (excluding diaryl/α,β-unsaturated/α-hetero) is 1. The summed E-state index contributed by atoms with van der Waals surface area (Å²) in [6.07, 6.45) is 4.05. The molecular formula is C37H52N8O11S3. The van der Waals surface area contributed by atoms with Crippen molar-refractivity contribution < 1.29 is 53.4 Å². The molecule has 6 amide bonds. The molecule has 0 spiro atoms. The van der Waals surface area contributed by atoms with E-state index in [1.54, 1.807) is 11.1 Å². The number of carboxylic acid groups (broad SMARTS) is 2. The van der Waals surface area contributed by atoms with Crippen molar-refractivity contribution in [2.24, 2.45) is 5.73 Å². The molecule has 22 heteroatoms. The number of aromatic nitrogens is 1. The second-order valence-corrected chi connectivity index (χ2v) is 17.2. The SMILES string of the molecule is N[C@@H](CS)C(=O)C(=O)NCCCCC(NC(=O)C1CCCN1C(=O)C1CCCN1C(=O)CCSSc1ccccn1)C(=O)N1CCCC1C(=O)NC(CC(=O)O)C(=O)O. The molecular weight excluding hydrogens is 829 g/mol. The predicted octanol–water partition coefficient (Wildman–Crippen LogP) is -0.173. The summed E-state index contributed by atoms with van der Waals surface area (Å²) in [7, 11) is 2.95. The summed E-state index contributed by atoms with van der Waals surface area (Å²) in [4.78, 5) is 124. The molecule has 3 aliphatic heterocycles. The second-order valence-electron chi connectivity index (χ2n) is 14.4. The van der Waals surface area contributed by atoms with E-state index in [0.29, 0.717) is 44.4 Å². The van der Waals surface area contributed by atoms with Gasteiger partial charge in [0.15, 0.2) is 0 Å². The first-order chi connectivity index (χ1) is 28.2. The molecule has 4 rings (SSSR count). The summed E-state index contributed by atoms with van der Waals surface area (Å²) < 4.78 is 0. The van der Waals surface area contributed by atoms with Gasteiger partial charge in [-0.2, -0.15) is 12.6 Å². The Balaban J connectivity index is 1.42. The monoisotopic (exact) mass is 880 g/mol. The van der Waals surface area contributed by atoms with Crippen LogP contribution in [0.15, 0.2) is 29.4 Å². The van der Waals surface area contributed by atoms with E-state index in [1.807, 2.05) is 18.2 Å². The minimum absolute atomic E-state index is 0.0186. The van der Waals surface area contributed by atoms with Crippen LogP contribution in [-0.2, 0) is 43.2 Å². The number of nitrogens with zero attached hydrogens (tertiary/aromatic N) is 4. The van der Waals surface area contributed by atoms with Crippen molar-refractivity contribution in [3.8, 4) is 0 Å². The van der Waals surface area contributed by atoms with E-state index < -0.39 is 84.0 Å². The summed E-state index contributed by atoms with van der Waals surface area (Å²) in [6.45, 7) is 0.842. The normalized spacial score (nSPS) is 20.4. The molecule has 0 aromatic carbocycles. The first kappa shape index (κ1) is 47.3. The van der Waals surface area contributed by atoms with Crippen LogP contribution in [0.3, 0.4) is 0 Å². The van der Waals surface area contributed by atoms with Crippen LogP contribution in [-0.4, -0.2) is 157 Å². The van der Waals surface area contributed by atoms with Crippen LogP contribution in [0.4, 0.5) is 0 Å². The van der Waals surface area contributed by atoms with E-state index in [-0.39, 0.29) is 69.3 Å². The van der Waals surface area contributed by atoms with Crippen molar-refractivity contribution in [1.29, 1.82) is 0 Å². The maximum atomic E-state index is 14.2. The quantitative estimate of drug-likeness (QED) is 0.0345. The number of ketones is 1. The smallest absolute Gasteiger partial charge is 0.326 e. The Bertz CT molecular complexity index is 1710. The molecule has 5 unspecified atom stereocenters. The molecule has 324 valence electrons. The van der Waals surface area contributed by atoms with Gasteiger partial charge in [0.2, 0.25) is 35.3 Å². The van der Waals surface area contributed by atoms with E-state index in [1.165, 1.54) is 31.4 Å². The molecule has 3 saturated heterocycles. The number of pyridine rings is 1. The van der Waals surface area contributed by atoms with Crippen LogP contribution in [0, 0.1) is 0 Å². The molecule has 3 fully saturated rings. The van der Waals surface area contributed by atoms with Crippen LogP contribution >= 0.6 is 34.2 Å². The van der Waals surface area contributed by atoms with Gasteiger partial charge in [-0.05, 0) is 80.7 Å². The number of nitrogens with two attached hydrogens (primary N) is 1. The number of hydrogen-bond acceptors (Lipinski definition) is 14. The van der Waals surface area contributed by atoms with Crippen molar-refractivity contribution >= 4 is 87.4 Å². The molecule has 1 aromatic heterocycles. The zero-order valence-corrected chi connectivity index (χ0v) is 35.0. The highest BCUT2D eigenvalue weighted by molar-refractivity contribution is 8.76. The molecule has 19 nitrogen and oxygen atoms in total. The number of thiol groups is 1. The average Bonchev–Trinajstić information content (AvgIpc) is 4.02. The van der Waals surface area contributed by atoms with Gasteiger partial charge in [-0.25, -0.2) is 9.78 Å². The molecule has 0 radical (unpaired) electrons. The van der Waals surface area contributed by atoms with Crippen molar-refractivity contribution in [3.63, 3.8) is 0 Å². The first-order valence-corrected chi connectivity index (χ1v) is 22.5. The van der Waals surface area contributed by atoms with Gasteiger partial charge in [0.1, 0.15) is 35.2 Å². The lowest BCUT2D eigenvalue weighted by Gasteiger charge is -2.33. The first-order valence-electron chi connectivity index (χ1n) is 19.6.